The van der Waals surface area contributed by atoms with Crippen LogP contribution in [0.25, 0.3) is 0 Å². The Kier molecular flexibility index (Phi) is 7.15. The third kappa shape index (κ3) is 4.97. The molecule has 0 radical (unpaired) electrons. The minimum atomic E-state index is 0.0874. The smallest absolute Gasteiger partial charge is 0.269 e. The maximum absolute atomic E-state index is 7.21. The molecule has 43 heavy (non-hydrogen) atoms. The molecule has 0 aliphatic carbocycles. The molecule has 214 valence electrons. The molecule has 7 rings (SSSR count). The van der Waals surface area contributed by atoms with E-state index in [1.807, 2.05) is 23.1 Å². The average molecular weight is 598 g/mol. The second kappa shape index (κ2) is 11.0. The van der Waals surface area contributed by atoms with Crippen molar-refractivity contribution < 1.29 is 0 Å². The van der Waals surface area contributed by atoms with Crippen LogP contribution in [-0.2, 0) is 5.41 Å². The van der Waals surface area contributed by atoms with Gasteiger partial charge in [-0.2, -0.15) is 11.3 Å². The van der Waals surface area contributed by atoms with Gasteiger partial charge in [-0.3, -0.25) is 0 Å². The molecule has 2 aliphatic rings. The summed E-state index contributed by atoms with van der Waals surface area (Å²) in [6.45, 7) is 9.26. The van der Waals surface area contributed by atoms with Crippen LogP contribution in [0, 0.1) is 0 Å². The molecule has 2 aliphatic heterocycles. The molecular weight excluding hydrogens is 561 g/mol. The lowest BCUT2D eigenvalue weighted by Crippen LogP contribution is -2.50. The standard InChI is InChI=1S/C37H36BN3S2/c1-25-19-21-42-35(25)38-34-31(39)23-30(40(27-11-7-5-8-12-27)28-13-9-6-10-14-28)24-33(34)41(32-20-22-43-36(32)38)29-17-15-26(16-18-29)37(2,3)4/h5-18,20,22-24H,19,21,39H2,1-4H3. The van der Waals surface area contributed by atoms with Crippen molar-refractivity contribution in [3.63, 3.8) is 0 Å². The number of nitrogens with zero attached hydrogens (tertiary/aromatic N) is 2. The molecule has 4 aromatic carbocycles. The van der Waals surface area contributed by atoms with Crippen molar-refractivity contribution in [2.24, 2.45) is 0 Å². The largest absolute Gasteiger partial charge is 0.399 e. The van der Waals surface area contributed by atoms with Gasteiger partial charge in [0.2, 0.25) is 0 Å². The quantitative estimate of drug-likeness (QED) is 0.162. The van der Waals surface area contributed by atoms with Crippen molar-refractivity contribution >= 4 is 79.9 Å². The third-order valence-electron chi connectivity index (χ3n) is 8.58. The fraction of sp³-hybridized carbons (Fsp3) is 0.189. The van der Waals surface area contributed by atoms with Gasteiger partial charge in [0, 0.05) is 39.0 Å². The molecule has 6 heteroatoms. The van der Waals surface area contributed by atoms with Gasteiger partial charge in [0.1, 0.15) is 0 Å². The Morgan fingerprint density at radius 1 is 0.791 bits per heavy atom. The van der Waals surface area contributed by atoms with Gasteiger partial charge in [-0.1, -0.05) is 74.9 Å². The normalized spacial score (nSPS) is 14.6. The van der Waals surface area contributed by atoms with Crippen LogP contribution in [0.1, 0.15) is 39.7 Å². The molecule has 1 aromatic heterocycles. The molecule has 0 saturated heterocycles. The van der Waals surface area contributed by atoms with Crippen LogP contribution in [0.3, 0.4) is 0 Å². The number of hydrogen-bond donors (Lipinski definition) is 1. The summed E-state index contributed by atoms with van der Waals surface area (Å²) in [5, 5.41) is 2.24. The van der Waals surface area contributed by atoms with Gasteiger partial charge in [-0.05, 0) is 94.6 Å². The zero-order valence-corrected chi connectivity index (χ0v) is 26.8. The van der Waals surface area contributed by atoms with Crippen LogP contribution in [0.15, 0.2) is 119 Å². The monoisotopic (exact) mass is 597 g/mol. The first-order chi connectivity index (χ1) is 20.8. The zero-order valence-electron chi connectivity index (χ0n) is 25.2. The number of hydrogen-bond acceptors (Lipinski definition) is 5. The van der Waals surface area contributed by atoms with E-state index >= 15 is 0 Å². The second-order valence-electron chi connectivity index (χ2n) is 12.5. The molecule has 0 amide bonds. The first kappa shape index (κ1) is 27.9. The van der Waals surface area contributed by atoms with E-state index in [2.05, 4.69) is 146 Å². The number of thiophene rings is 1. The van der Waals surface area contributed by atoms with Crippen LogP contribution in [0.2, 0.25) is 0 Å². The molecule has 3 heterocycles. The first-order valence-corrected chi connectivity index (χ1v) is 16.8. The Balaban J connectivity index is 1.48. The Labute approximate surface area is 264 Å². The van der Waals surface area contributed by atoms with Gasteiger partial charge in [-0.25, -0.2) is 0 Å². The predicted molar refractivity (Wildman–Crippen MR) is 192 cm³/mol. The summed E-state index contributed by atoms with van der Waals surface area (Å²) in [4.78, 5) is 6.22. The van der Waals surface area contributed by atoms with Gasteiger partial charge in [0.25, 0.3) is 6.71 Å². The summed E-state index contributed by atoms with van der Waals surface area (Å²) in [5.74, 6) is 1.14. The van der Waals surface area contributed by atoms with E-state index in [0.29, 0.717) is 0 Å². The maximum atomic E-state index is 7.21. The van der Waals surface area contributed by atoms with Crippen LogP contribution in [0.4, 0.5) is 39.8 Å². The predicted octanol–water partition coefficient (Wildman–Crippen LogP) is 9.44. The molecule has 3 nitrogen and oxygen atoms in total. The van der Waals surface area contributed by atoms with Crippen molar-refractivity contribution in [3.8, 4) is 0 Å². The highest BCUT2D eigenvalue weighted by Crippen LogP contribution is 2.46. The Morgan fingerprint density at radius 3 is 2.02 bits per heavy atom. The van der Waals surface area contributed by atoms with E-state index < -0.39 is 0 Å². The maximum Gasteiger partial charge on any atom is 0.269 e. The minimum Gasteiger partial charge on any atom is -0.399 e. The van der Waals surface area contributed by atoms with E-state index in [9.17, 15) is 0 Å². The van der Waals surface area contributed by atoms with Gasteiger partial charge >= 0.3 is 0 Å². The number of anilines is 7. The number of nitrogens with two attached hydrogens (primary N) is 1. The fourth-order valence-corrected chi connectivity index (χ4v) is 8.83. The van der Waals surface area contributed by atoms with E-state index in [4.69, 9.17) is 5.73 Å². The topological polar surface area (TPSA) is 32.5 Å². The van der Waals surface area contributed by atoms with Crippen molar-refractivity contribution in [1.82, 2.24) is 0 Å². The van der Waals surface area contributed by atoms with E-state index in [0.717, 1.165) is 46.3 Å². The highest BCUT2D eigenvalue weighted by molar-refractivity contribution is 8.05. The fourth-order valence-electron chi connectivity index (χ4n) is 6.38. The number of para-hydroxylation sites is 2. The number of rotatable bonds is 5. The lowest BCUT2D eigenvalue weighted by molar-refractivity contribution is 0.590. The van der Waals surface area contributed by atoms with Crippen molar-refractivity contribution in [1.29, 1.82) is 0 Å². The average Bonchev–Trinajstić information content (AvgIpc) is 3.66. The van der Waals surface area contributed by atoms with Gasteiger partial charge in [0.15, 0.2) is 0 Å². The summed E-state index contributed by atoms with van der Waals surface area (Å²) in [6.07, 6.45) is 1.14. The number of thioether (sulfide) groups is 1. The molecule has 5 aromatic rings. The van der Waals surface area contributed by atoms with Crippen molar-refractivity contribution in [2.75, 3.05) is 21.3 Å². The minimum absolute atomic E-state index is 0.0874. The Bertz CT molecular complexity index is 1770. The van der Waals surface area contributed by atoms with E-state index in [1.165, 1.54) is 31.9 Å². The van der Waals surface area contributed by atoms with Gasteiger partial charge in [-0.15, -0.1) is 11.8 Å². The molecule has 0 unspecified atom stereocenters. The highest BCUT2D eigenvalue weighted by Gasteiger charge is 2.41. The highest BCUT2D eigenvalue weighted by atomic mass is 32.2. The van der Waals surface area contributed by atoms with E-state index in [1.54, 1.807) is 0 Å². The molecule has 0 bridgehead atoms. The summed E-state index contributed by atoms with van der Waals surface area (Å²) in [5.41, 5.74) is 19.0. The summed E-state index contributed by atoms with van der Waals surface area (Å²) in [6, 6.07) is 37.1. The number of allylic oxidation sites excluding steroid dienone is 1. The van der Waals surface area contributed by atoms with Crippen LogP contribution in [-0.4, -0.2) is 12.5 Å². The number of fused-ring (bicyclic) bond motifs is 2. The van der Waals surface area contributed by atoms with Crippen LogP contribution < -0.4 is 25.8 Å². The number of nitrogen functional groups attached to an aromatic ring is 1. The number of benzene rings is 4. The molecule has 0 fully saturated rings. The SMILES string of the molecule is CC1=C(B2c3sccc3N(c3ccc(C(C)(C)C)cc3)c3cc(N(c4ccccc4)c4ccccc4)cc(N)c32)SCC1. The Hall–Kier alpha value is -3.87. The Morgan fingerprint density at radius 2 is 1.44 bits per heavy atom. The lowest BCUT2D eigenvalue weighted by atomic mass is 9.40. The molecular formula is C37H36BN3S2. The summed E-state index contributed by atoms with van der Waals surface area (Å²) in [7, 11) is 0. The molecule has 2 N–H and O–H groups in total. The molecule has 0 spiro atoms. The van der Waals surface area contributed by atoms with Crippen molar-refractivity contribution in [3.05, 3.63) is 124 Å². The first-order valence-electron chi connectivity index (χ1n) is 15.0. The third-order valence-corrected chi connectivity index (χ3v) is 10.9. The van der Waals surface area contributed by atoms with Crippen molar-refractivity contribution in [2.45, 2.75) is 39.5 Å². The summed E-state index contributed by atoms with van der Waals surface area (Å²) >= 11 is 3.85. The zero-order chi connectivity index (χ0) is 29.7. The lowest BCUT2D eigenvalue weighted by Gasteiger charge is -2.37. The van der Waals surface area contributed by atoms with Gasteiger partial charge < -0.3 is 15.5 Å². The molecule has 0 atom stereocenters. The van der Waals surface area contributed by atoms with E-state index in [-0.39, 0.29) is 12.1 Å². The summed E-state index contributed by atoms with van der Waals surface area (Å²) < 4.78 is 1.37. The van der Waals surface area contributed by atoms with Crippen LogP contribution in [0.5, 0.6) is 0 Å². The van der Waals surface area contributed by atoms with Gasteiger partial charge in [0.05, 0.1) is 11.4 Å². The van der Waals surface area contributed by atoms with Crippen LogP contribution >= 0.6 is 23.1 Å². The molecule has 0 saturated carbocycles. The second-order valence-corrected chi connectivity index (χ2v) is 14.5.